The summed E-state index contributed by atoms with van der Waals surface area (Å²) >= 11 is 0. The maximum atomic E-state index is 12.8. The van der Waals surface area contributed by atoms with Gasteiger partial charge in [-0.15, -0.1) is 0 Å². The predicted molar refractivity (Wildman–Crippen MR) is 96.3 cm³/mol. The topological polar surface area (TPSA) is 29.5 Å². The number of nitrogens with zero attached hydrogens (tertiary/aromatic N) is 1. The van der Waals surface area contributed by atoms with Crippen LogP contribution in [0.1, 0.15) is 39.9 Å². The summed E-state index contributed by atoms with van der Waals surface area (Å²) < 4.78 is 44.2. The Labute approximate surface area is 156 Å². The number of alkyl halides is 3. The van der Waals surface area contributed by atoms with Crippen molar-refractivity contribution in [1.29, 1.82) is 0 Å². The van der Waals surface area contributed by atoms with Crippen molar-refractivity contribution in [3.63, 3.8) is 0 Å². The summed E-state index contributed by atoms with van der Waals surface area (Å²) in [7, 11) is 0. The molecule has 1 aliphatic rings. The van der Waals surface area contributed by atoms with Crippen LogP contribution in [0.3, 0.4) is 0 Å². The van der Waals surface area contributed by atoms with E-state index in [4.69, 9.17) is 4.74 Å². The van der Waals surface area contributed by atoms with Crippen LogP contribution < -0.4 is 0 Å². The van der Waals surface area contributed by atoms with Crippen LogP contribution in [-0.2, 0) is 17.5 Å². The summed E-state index contributed by atoms with van der Waals surface area (Å²) in [5, 5.41) is 0. The van der Waals surface area contributed by atoms with Crippen LogP contribution in [0.5, 0.6) is 0 Å². The molecule has 3 rings (SSSR count). The summed E-state index contributed by atoms with van der Waals surface area (Å²) in [6.45, 7) is 3.18. The van der Waals surface area contributed by atoms with Gasteiger partial charge in [0.15, 0.2) is 0 Å². The molecule has 0 aromatic heterocycles. The van der Waals surface area contributed by atoms with Crippen LogP contribution in [-0.4, -0.2) is 30.0 Å². The first-order chi connectivity index (χ1) is 12.8. The van der Waals surface area contributed by atoms with E-state index in [1.807, 2.05) is 31.2 Å². The maximum absolute atomic E-state index is 12.8. The van der Waals surface area contributed by atoms with Crippen molar-refractivity contribution in [3.8, 4) is 0 Å². The number of carbonyl (C=O) groups excluding carboxylic acids is 1. The van der Waals surface area contributed by atoms with E-state index in [2.05, 4.69) is 0 Å². The summed E-state index contributed by atoms with van der Waals surface area (Å²) in [5.41, 5.74) is 1.53. The molecule has 0 N–H and O–H groups in total. The lowest BCUT2D eigenvalue weighted by atomic mass is 10.1. The Bertz CT molecular complexity index is 787. The van der Waals surface area contributed by atoms with Gasteiger partial charge in [0.2, 0.25) is 0 Å². The van der Waals surface area contributed by atoms with E-state index in [1.54, 1.807) is 11.0 Å². The number of carbonyl (C=O) groups is 1. The molecule has 144 valence electrons. The van der Waals surface area contributed by atoms with Gasteiger partial charge in [-0.25, -0.2) is 0 Å². The minimum atomic E-state index is -4.36. The van der Waals surface area contributed by atoms with E-state index in [0.717, 1.165) is 30.5 Å². The normalized spacial score (nSPS) is 17.8. The lowest BCUT2D eigenvalue weighted by molar-refractivity contribution is -0.137. The first-order valence-corrected chi connectivity index (χ1v) is 8.96. The standard InChI is InChI=1S/C21H22F3NO2/c1-15-7-9-17(10-8-15)20(26)25-11-3-6-19(13-25)27-14-16-4-2-5-18(12-16)21(22,23)24/h2,4-5,7-10,12,19H,3,6,11,13-14H2,1H3. The first-order valence-electron chi connectivity index (χ1n) is 8.96. The van der Waals surface area contributed by atoms with Crippen LogP contribution in [0.15, 0.2) is 48.5 Å². The van der Waals surface area contributed by atoms with E-state index in [0.29, 0.717) is 24.2 Å². The van der Waals surface area contributed by atoms with Gasteiger partial charge in [-0.1, -0.05) is 29.8 Å². The highest BCUT2D eigenvalue weighted by molar-refractivity contribution is 5.94. The van der Waals surface area contributed by atoms with E-state index in [9.17, 15) is 18.0 Å². The van der Waals surface area contributed by atoms with Crippen LogP contribution in [0.4, 0.5) is 13.2 Å². The highest BCUT2D eigenvalue weighted by atomic mass is 19.4. The van der Waals surface area contributed by atoms with E-state index in [-0.39, 0.29) is 18.6 Å². The second kappa shape index (κ2) is 8.13. The first kappa shape index (κ1) is 19.4. The molecule has 0 aliphatic carbocycles. The van der Waals surface area contributed by atoms with Crippen molar-refractivity contribution < 1.29 is 22.7 Å². The molecule has 3 nitrogen and oxygen atoms in total. The number of benzene rings is 2. The quantitative estimate of drug-likeness (QED) is 0.763. The summed E-state index contributed by atoms with van der Waals surface area (Å²) in [6, 6.07) is 12.6. The highest BCUT2D eigenvalue weighted by Gasteiger charge is 2.30. The number of likely N-dealkylation sites (tertiary alicyclic amines) is 1. The van der Waals surface area contributed by atoms with Gasteiger partial charge >= 0.3 is 6.18 Å². The van der Waals surface area contributed by atoms with Crippen molar-refractivity contribution >= 4 is 5.91 Å². The van der Waals surface area contributed by atoms with E-state index < -0.39 is 11.7 Å². The number of hydrogen-bond acceptors (Lipinski definition) is 2. The summed E-state index contributed by atoms with van der Waals surface area (Å²) in [6.07, 6.45) is -2.94. The van der Waals surface area contributed by atoms with Crippen LogP contribution in [0, 0.1) is 6.92 Å². The fourth-order valence-electron chi connectivity index (χ4n) is 3.19. The minimum Gasteiger partial charge on any atom is -0.372 e. The van der Waals surface area contributed by atoms with Gasteiger partial charge in [-0.3, -0.25) is 4.79 Å². The van der Waals surface area contributed by atoms with Crippen LogP contribution in [0.25, 0.3) is 0 Å². The molecule has 1 amide bonds. The minimum absolute atomic E-state index is 0.0395. The third-order valence-corrected chi connectivity index (χ3v) is 4.70. The number of ether oxygens (including phenoxy) is 1. The zero-order valence-corrected chi connectivity index (χ0v) is 15.1. The van der Waals surface area contributed by atoms with Gasteiger partial charge in [0.1, 0.15) is 0 Å². The zero-order chi connectivity index (χ0) is 19.4. The summed E-state index contributed by atoms with van der Waals surface area (Å²) in [4.78, 5) is 14.4. The largest absolute Gasteiger partial charge is 0.416 e. The van der Waals surface area contributed by atoms with Crippen molar-refractivity contribution in [2.45, 2.75) is 38.7 Å². The molecular weight excluding hydrogens is 355 g/mol. The third kappa shape index (κ3) is 5.10. The maximum Gasteiger partial charge on any atom is 0.416 e. The molecule has 1 fully saturated rings. The number of rotatable bonds is 4. The van der Waals surface area contributed by atoms with E-state index in [1.165, 1.54) is 6.07 Å². The average Bonchev–Trinajstić information content (AvgIpc) is 2.66. The number of hydrogen-bond donors (Lipinski definition) is 0. The summed E-state index contributed by atoms with van der Waals surface area (Å²) in [5.74, 6) is -0.0395. The number of piperidine rings is 1. The van der Waals surface area contributed by atoms with Gasteiger partial charge < -0.3 is 9.64 Å². The molecule has 0 radical (unpaired) electrons. The molecular formula is C21H22F3NO2. The lowest BCUT2D eigenvalue weighted by Gasteiger charge is -2.32. The van der Waals surface area contributed by atoms with Gasteiger partial charge in [0.25, 0.3) is 5.91 Å². The Balaban J connectivity index is 1.59. The molecule has 6 heteroatoms. The van der Waals surface area contributed by atoms with Crippen LogP contribution in [0.2, 0.25) is 0 Å². The van der Waals surface area contributed by atoms with Crippen molar-refractivity contribution in [1.82, 2.24) is 4.90 Å². The van der Waals surface area contributed by atoms with Gasteiger partial charge in [0.05, 0.1) is 18.3 Å². The van der Waals surface area contributed by atoms with Gasteiger partial charge in [-0.05, 0) is 49.6 Å². The Morgan fingerprint density at radius 3 is 2.63 bits per heavy atom. The number of halogens is 3. The third-order valence-electron chi connectivity index (χ3n) is 4.70. The Hall–Kier alpha value is -2.34. The Kier molecular flexibility index (Phi) is 5.85. The SMILES string of the molecule is Cc1ccc(C(=O)N2CCCC(OCc3cccc(C(F)(F)F)c3)C2)cc1. The fourth-order valence-corrected chi connectivity index (χ4v) is 3.19. The Morgan fingerprint density at radius 1 is 1.19 bits per heavy atom. The molecule has 1 heterocycles. The average molecular weight is 377 g/mol. The zero-order valence-electron chi connectivity index (χ0n) is 15.1. The van der Waals surface area contributed by atoms with E-state index >= 15 is 0 Å². The smallest absolute Gasteiger partial charge is 0.372 e. The van der Waals surface area contributed by atoms with Gasteiger partial charge in [-0.2, -0.15) is 13.2 Å². The van der Waals surface area contributed by atoms with Crippen molar-refractivity contribution in [2.75, 3.05) is 13.1 Å². The predicted octanol–water partition coefficient (Wildman–Crippen LogP) is 4.84. The molecule has 1 saturated heterocycles. The molecule has 0 bridgehead atoms. The molecule has 1 unspecified atom stereocenters. The van der Waals surface area contributed by atoms with Crippen molar-refractivity contribution in [3.05, 3.63) is 70.8 Å². The molecule has 1 aliphatic heterocycles. The molecule has 0 saturated carbocycles. The molecule has 1 atom stereocenters. The molecule has 27 heavy (non-hydrogen) atoms. The van der Waals surface area contributed by atoms with Crippen LogP contribution >= 0.6 is 0 Å². The fraction of sp³-hybridized carbons (Fsp3) is 0.381. The second-order valence-electron chi connectivity index (χ2n) is 6.89. The monoisotopic (exact) mass is 377 g/mol. The Morgan fingerprint density at radius 2 is 1.93 bits per heavy atom. The number of aryl methyl sites for hydroxylation is 1. The second-order valence-corrected chi connectivity index (χ2v) is 6.89. The van der Waals surface area contributed by atoms with Gasteiger partial charge in [0, 0.05) is 18.7 Å². The molecule has 2 aromatic carbocycles. The number of amides is 1. The van der Waals surface area contributed by atoms with Crippen molar-refractivity contribution in [2.24, 2.45) is 0 Å². The highest BCUT2D eigenvalue weighted by Crippen LogP contribution is 2.30. The molecule has 0 spiro atoms. The molecule has 2 aromatic rings. The lowest BCUT2D eigenvalue weighted by Crippen LogP contribution is -2.43.